The third-order valence-electron chi connectivity index (χ3n) is 6.78. The van der Waals surface area contributed by atoms with Crippen LogP contribution in [0, 0.1) is 0 Å². The standard InChI is InChI=1S/C27H32N6O3S/c1-19(34)18-32-13-11-22(12-14-32)21-5-7-24(8-6-21)30-27-28-17-25-9-10-26(33(25)31-27)23-4-2-3-20(15-23)16-29-37(35)36/h2-10,15,17,19,22,34,37H,11-14,16,18H2,1H3,(H,30,31)(H,29,35,36)/t19-/m0/s1. The summed E-state index contributed by atoms with van der Waals surface area (Å²) in [5.74, 6) is 1.03. The average Bonchev–Trinajstić information content (AvgIpc) is 3.32. The normalized spacial score (nSPS) is 15.9. The third kappa shape index (κ3) is 6.34. The van der Waals surface area contributed by atoms with Crippen LogP contribution in [-0.4, -0.2) is 58.8 Å². The molecule has 10 heteroatoms. The average molecular weight is 521 g/mol. The topological polar surface area (TPSA) is 112 Å². The van der Waals surface area contributed by atoms with Gasteiger partial charge in [0.1, 0.15) is 0 Å². The Labute approximate surface area is 218 Å². The van der Waals surface area contributed by atoms with E-state index in [0.29, 0.717) is 11.9 Å². The first kappa shape index (κ1) is 25.3. The molecule has 4 aromatic rings. The maximum atomic E-state index is 10.9. The molecule has 0 unspecified atom stereocenters. The molecule has 0 aliphatic carbocycles. The Kier molecular flexibility index (Phi) is 7.80. The number of aliphatic hydroxyl groups is 1. The summed E-state index contributed by atoms with van der Waals surface area (Å²) in [6, 6.07) is 20.1. The van der Waals surface area contributed by atoms with E-state index in [2.05, 4.69) is 44.2 Å². The molecule has 1 fully saturated rings. The SMILES string of the molecule is C[C@H](O)CN1CCC(c2ccc(Nc3ncc4ccc(-c5cccc(CN[SH](=O)=O)c5)n4n3)cc2)CC1. The lowest BCUT2D eigenvalue weighted by Crippen LogP contribution is -2.37. The highest BCUT2D eigenvalue weighted by atomic mass is 32.2. The Hall–Kier alpha value is -3.31. The molecule has 2 aromatic heterocycles. The van der Waals surface area contributed by atoms with Crippen LogP contribution in [0.1, 0.15) is 36.8 Å². The van der Waals surface area contributed by atoms with Gasteiger partial charge in [-0.3, -0.25) is 0 Å². The second-order valence-corrected chi connectivity index (χ2v) is 10.4. The maximum absolute atomic E-state index is 10.9. The number of piperidine rings is 1. The summed E-state index contributed by atoms with van der Waals surface area (Å²) in [5.41, 5.74) is 5.82. The van der Waals surface area contributed by atoms with Gasteiger partial charge in [-0.1, -0.05) is 30.3 Å². The number of thiol groups is 1. The molecule has 0 saturated carbocycles. The van der Waals surface area contributed by atoms with Crippen molar-refractivity contribution in [1.29, 1.82) is 0 Å². The number of hydrogen-bond acceptors (Lipinski definition) is 7. The first-order valence-electron chi connectivity index (χ1n) is 12.5. The number of aliphatic hydroxyl groups excluding tert-OH is 1. The molecule has 0 spiro atoms. The highest BCUT2D eigenvalue weighted by Crippen LogP contribution is 2.29. The minimum absolute atomic E-state index is 0.245. The van der Waals surface area contributed by atoms with E-state index in [1.54, 1.807) is 6.20 Å². The number of nitrogens with one attached hydrogen (secondary N) is 2. The summed E-state index contributed by atoms with van der Waals surface area (Å²) in [7, 11) is -2.64. The van der Waals surface area contributed by atoms with Crippen LogP contribution in [0.4, 0.5) is 11.6 Å². The van der Waals surface area contributed by atoms with Gasteiger partial charge in [-0.25, -0.2) is 22.6 Å². The fourth-order valence-electron chi connectivity index (χ4n) is 4.96. The van der Waals surface area contributed by atoms with Crippen LogP contribution in [0.25, 0.3) is 16.8 Å². The summed E-state index contributed by atoms with van der Waals surface area (Å²) in [6.07, 6.45) is 3.70. The number of likely N-dealkylation sites (tertiary alicyclic amines) is 1. The van der Waals surface area contributed by atoms with Crippen LogP contribution in [0.3, 0.4) is 0 Å². The minimum atomic E-state index is -2.64. The number of hydrogen-bond donors (Lipinski definition) is 4. The number of aromatic nitrogens is 3. The predicted molar refractivity (Wildman–Crippen MR) is 145 cm³/mol. The molecule has 1 atom stereocenters. The number of nitrogens with zero attached hydrogens (tertiary/aromatic N) is 4. The van der Waals surface area contributed by atoms with Crippen molar-refractivity contribution in [3.8, 4) is 11.3 Å². The van der Waals surface area contributed by atoms with Crippen LogP contribution in [0.5, 0.6) is 0 Å². The molecular weight excluding hydrogens is 488 g/mol. The Morgan fingerprint density at radius 3 is 2.59 bits per heavy atom. The van der Waals surface area contributed by atoms with Gasteiger partial charge in [0, 0.05) is 24.3 Å². The highest BCUT2D eigenvalue weighted by Gasteiger charge is 2.21. The second-order valence-electron chi connectivity index (χ2n) is 9.60. The lowest BCUT2D eigenvalue weighted by molar-refractivity contribution is 0.109. The van der Waals surface area contributed by atoms with Gasteiger partial charge >= 0.3 is 0 Å². The zero-order valence-electron chi connectivity index (χ0n) is 20.7. The molecular formula is C27H32N6O3S. The van der Waals surface area contributed by atoms with Crippen LogP contribution < -0.4 is 10.0 Å². The molecule has 1 aliphatic heterocycles. The van der Waals surface area contributed by atoms with Crippen molar-refractivity contribution in [3.05, 3.63) is 78.0 Å². The van der Waals surface area contributed by atoms with Crippen molar-refractivity contribution in [3.63, 3.8) is 0 Å². The van der Waals surface area contributed by atoms with Crippen LogP contribution in [-0.2, 0) is 17.4 Å². The summed E-state index contributed by atoms with van der Waals surface area (Å²) in [5, 5.41) is 17.6. The van der Waals surface area contributed by atoms with E-state index in [4.69, 9.17) is 5.10 Å². The summed E-state index contributed by atoms with van der Waals surface area (Å²) >= 11 is 0. The van der Waals surface area contributed by atoms with Crippen molar-refractivity contribution >= 4 is 28.0 Å². The fourth-order valence-corrected chi connectivity index (χ4v) is 5.28. The van der Waals surface area contributed by atoms with E-state index < -0.39 is 10.9 Å². The van der Waals surface area contributed by atoms with E-state index in [1.807, 2.05) is 47.8 Å². The third-order valence-corrected chi connectivity index (χ3v) is 7.20. The molecule has 1 saturated heterocycles. The Morgan fingerprint density at radius 2 is 1.86 bits per heavy atom. The largest absolute Gasteiger partial charge is 0.392 e. The lowest BCUT2D eigenvalue weighted by Gasteiger charge is -2.32. The van der Waals surface area contributed by atoms with Gasteiger partial charge in [-0.05, 0) is 80.2 Å². The Morgan fingerprint density at radius 1 is 1.08 bits per heavy atom. The molecule has 0 amide bonds. The predicted octanol–water partition coefficient (Wildman–Crippen LogP) is 3.32. The lowest BCUT2D eigenvalue weighted by atomic mass is 9.89. The van der Waals surface area contributed by atoms with Gasteiger partial charge in [0.25, 0.3) is 0 Å². The van der Waals surface area contributed by atoms with Crippen molar-refractivity contribution in [2.45, 2.75) is 38.3 Å². The van der Waals surface area contributed by atoms with Gasteiger partial charge in [-0.2, -0.15) is 0 Å². The monoisotopic (exact) mass is 520 g/mol. The number of β-amino-alcohol motifs (C(OH)–C–C–N with tert-alkyl or cyclic N) is 1. The Bertz CT molecular complexity index is 1420. The van der Waals surface area contributed by atoms with Crippen LogP contribution in [0.2, 0.25) is 0 Å². The number of benzene rings is 2. The minimum Gasteiger partial charge on any atom is -0.392 e. The summed E-state index contributed by atoms with van der Waals surface area (Å²) in [4.78, 5) is 6.81. The fraction of sp³-hybridized carbons (Fsp3) is 0.333. The zero-order valence-corrected chi connectivity index (χ0v) is 21.6. The van der Waals surface area contributed by atoms with Crippen molar-refractivity contribution in [1.82, 2.24) is 24.2 Å². The quantitative estimate of drug-likeness (QED) is 0.251. The van der Waals surface area contributed by atoms with E-state index >= 15 is 0 Å². The van der Waals surface area contributed by atoms with Gasteiger partial charge in [0.2, 0.25) is 16.8 Å². The van der Waals surface area contributed by atoms with E-state index in [0.717, 1.165) is 60.5 Å². The number of anilines is 2. The molecule has 5 rings (SSSR count). The molecule has 1 aliphatic rings. The van der Waals surface area contributed by atoms with Crippen LogP contribution in [0.15, 0.2) is 66.9 Å². The molecule has 0 radical (unpaired) electrons. The van der Waals surface area contributed by atoms with Gasteiger partial charge < -0.3 is 15.3 Å². The molecule has 194 valence electrons. The smallest absolute Gasteiger partial charge is 0.245 e. The molecule has 3 N–H and O–H groups in total. The van der Waals surface area contributed by atoms with Gasteiger partial charge in [0.15, 0.2) is 0 Å². The van der Waals surface area contributed by atoms with Crippen molar-refractivity contribution in [2.75, 3.05) is 25.0 Å². The molecule has 37 heavy (non-hydrogen) atoms. The second kappa shape index (κ2) is 11.4. The summed E-state index contributed by atoms with van der Waals surface area (Å²) in [6.45, 7) is 4.86. The molecule has 3 heterocycles. The molecule has 2 aromatic carbocycles. The van der Waals surface area contributed by atoms with Gasteiger partial charge in [0.05, 0.1) is 23.5 Å². The van der Waals surface area contributed by atoms with E-state index in [1.165, 1.54) is 5.56 Å². The first-order chi connectivity index (χ1) is 17.9. The van der Waals surface area contributed by atoms with Crippen molar-refractivity contribution < 1.29 is 13.5 Å². The van der Waals surface area contributed by atoms with Gasteiger partial charge in [-0.15, -0.1) is 5.10 Å². The van der Waals surface area contributed by atoms with E-state index in [9.17, 15) is 13.5 Å². The maximum Gasteiger partial charge on any atom is 0.245 e. The van der Waals surface area contributed by atoms with E-state index in [-0.39, 0.29) is 12.6 Å². The molecule has 0 bridgehead atoms. The number of fused-ring (bicyclic) bond motifs is 1. The zero-order chi connectivity index (χ0) is 25.8. The summed E-state index contributed by atoms with van der Waals surface area (Å²) < 4.78 is 26.0. The van der Waals surface area contributed by atoms with Crippen LogP contribution >= 0.6 is 0 Å². The number of rotatable bonds is 9. The van der Waals surface area contributed by atoms with Crippen molar-refractivity contribution in [2.24, 2.45) is 0 Å². The first-order valence-corrected chi connectivity index (χ1v) is 13.7. The molecule has 9 nitrogen and oxygen atoms in total. The highest BCUT2D eigenvalue weighted by molar-refractivity contribution is 7.70. The Balaban J connectivity index is 1.28.